The van der Waals surface area contributed by atoms with Crippen LogP contribution in [0.5, 0.6) is 0 Å². The normalized spacial score (nSPS) is 25.0. The van der Waals surface area contributed by atoms with E-state index in [4.69, 9.17) is 18.9 Å². The predicted octanol–water partition coefficient (Wildman–Crippen LogP) is 3.36. The van der Waals surface area contributed by atoms with Crippen molar-refractivity contribution in [1.82, 2.24) is 0 Å². The van der Waals surface area contributed by atoms with Gasteiger partial charge in [-0.3, -0.25) is 0 Å². The van der Waals surface area contributed by atoms with E-state index >= 15 is 0 Å². The Morgan fingerprint density at radius 2 is 1.10 bits per heavy atom. The molecule has 0 N–H and O–H groups in total. The van der Waals surface area contributed by atoms with Gasteiger partial charge in [-0.25, -0.2) is 9.59 Å². The standard InChI is InChI=1S/C24H26O6/c1-3-15-5-9-17(10-6-15)23(25)29-19-13-27-22-20(14-28-21(19)22)30-24(26)18-11-7-16(4-2)8-12-18/h5-12,19-22H,3-4,13-14H2,1-2H3. The first-order chi connectivity index (χ1) is 14.6. The molecule has 0 aliphatic carbocycles. The molecule has 4 unspecified atom stereocenters. The van der Waals surface area contributed by atoms with E-state index in [2.05, 4.69) is 13.8 Å². The van der Waals surface area contributed by atoms with Crippen molar-refractivity contribution in [3.8, 4) is 0 Å². The number of hydrogen-bond donors (Lipinski definition) is 0. The van der Waals surface area contributed by atoms with Crippen LogP contribution in [0.25, 0.3) is 0 Å². The summed E-state index contributed by atoms with van der Waals surface area (Å²) in [5, 5.41) is 0. The maximum atomic E-state index is 12.5. The zero-order chi connectivity index (χ0) is 21.1. The number of esters is 2. The van der Waals surface area contributed by atoms with Crippen molar-refractivity contribution in [2.75, 3.05) is 13.2 Å². The smallest absolute Gasteiger partial charge is 0.338 e. The summed E-state index contributed by atoms with van der Waals surface area (Å²) in [7, 11) is 0. The number of rotatable bonds is 6. The van der Waals surface area contributed by atoms with Gasteiger partial charge in [-0.15, -0.1) is 0 Å². The minimum absolute atomic E-state index is 0.216. The van der Waals surface area contributed by atoms with Crippen molar-refractivity contribution in [3.63, 3.8) is 0 Å². The number of carbonyl (C=O) groups is 2. The van der Waals surface area contributed by atoms with E-state index in [-0.39, 0.29) is 13.2 Å². The summed E-state index contributed by atoms with van der Waals surface area (Å²) < 4.78 is 22.8. The molecular formula is C24H26O6. The molecule has 2 aliphatic rings. The third kappa shape index (κ3) is 4.25. The first kappa shape index (κ1) is 20.6. The zero-order valence-electron chi connectivity index (χ0n) is 17.2. The SMILES string of the molecule is CCc1ccc(C(=O)OC2COC3C(OC(=O)c4ccc(CC)cc4)COC23)cc1. The van der Waals surface area contributed by atoms with Crippen LogP contribution in [0.1, 0.15) is 45.7 Å². The quantitative estimate of drug-likeness (QED) is 0.680. The van der Waals surface area contributed by atoms with Gasteiger partial charge in [0.05, 0.1) is 24.3 Å². The minimum atomic E-state index is -0.527. The van der Waals surface area contributed by atoms with Crippen molar-refractivity contribution in [2.45, 2.75) is 51.1 Å². The van der Waals surface area contributed by atoms with E-state index in [1.165, 1.54) is 0 Å². The summed E-state index contributed by atoms with van der Waals surface area (Å²) in [6.45, 7) is 4.55. The maximum absolute atomic E-state index is 12.5. The number of ether oxygens (including phenoxy) is 4. The summed E-state index contributed by atoms with van der Waals surface area (Å²) in [6.07, 6.45) is -0.117. The van der Waals surface area contributed by atoms with Crippen molar-refractivity contribution in [2.24, 2.45) is 0 Å². The third-order valence-electron chi connectivity index (χ3n) is 5.68. The van der Waals surface area contributed by atoms with Gasteiger partial charge in [0.2, 0.25) is 0 Å². The van der Waals surface area contributed by atoms with Crippen LogP contribution in [0.4, 0.5) is 0 Å². The Morgan fingerprint density at radius 1 is 0.733 bits per heavy atom. The number of carbonyl (C=O) groups excluding carboxylic acids is 2. The zero-order valence-corrected chi connectivity index (χ0v) is 17.2. The molecule has 4 rings (SSSR count). The van der Waals surface area contributed by atoms with Crippen molar-refractivity contribution in [1.29, 1.82) is 0 Å². The minimum Gasteiger partial charge on any atom is -0.453 e. The largest absolute Gasteiger partial charge is 0.453 e. The average molecular weight is 410 g/mol. The van der Waals surface area contributed by atoms with Crippen LogP contribution >= 0.6 is 0 Å². The molecule has 0 aromatic heterocycles. The fraction of sp³-hybridized carbons (Fsp3) is 0.417. The highest BCUT2D eigenvalue weighted by atomic mass is 16.7. The molecule has 6 nitrogen and oxygen atoms in total. The molecule has 2 saturated heterocycles. The molecule has 2 aromatic carbocycles. The van der Waals surface area contributed by atoms with Gasteiger partial charge in [-0.1, -0.05) is 38.1 Å². The first-order valence-electron chi connectivity index (χ1n) is 10.4. The topological polar surface area (TPSA) is 71.1 Å². The molecule has 0 radical (unpaired) electrons. The summed E-state index contributed by atoms with van der Waals surface area (Å²) in [5.41, 5.74) is 3.30. The highest BCUT2D eigenvalue weighted by molar-refractivity contribution is 5.90. The van der Waals surface area contributed by atoms with Crippen LogP contribution in [-0.4, -0.2) is 49.6 Å². The van der Waals surface area contributed by atoms with Crippen molar-refractivity contribution >= 4 is 11.9 Å². The van der Waals surface area contributed by atoms with Crippen LogP contribution in [0.3, 0.4) is 0 Å². The monoisotopic (exact) mass is 410 g/mol. The van der Waals surface area contributed by atoms with E-state index in [0.29, 0.717) is 11.1 Å². The molecule has 0 spiro atoms. The van der Waals surface area contributed by atoms with Crippen LogP contribution in [-0.2, 0) is 31.8 Å². The molecule has 2 heterocycles. The number of fused-ring (bicyclic) bond motifs is 1. The lowest BCUT2D eigenvalue weighted by Crippen LogP contribution is -2.36. The highest BCUT2D eigenvalue weighted by Gasteiger charge is 2.51. The van der Waals surface area contributed by atoms with Crippen LogP contribution in [0.15, 0.2) is 48.5 Å². The van der Waals surface area contributed by atoms with Gasteiger partial charge >= 0.3 is 11.9 Å². The second-order valence-corrected chi connectivity index (χ2v) is 7.58. The molecule has 0 saturated carbocycles. The Balaban J connectivity index is 1.34. The Bertz CT molecular complexity index is 813. The van der Waals surface area contributed by atoms with Crippen molar-refractivity contribution < 1.29 is 28.5 Å². The lowest BCUT2D eigenvalue weighted by molar-refractivity contribution is -0.0287. The van der Waals surface area contributed by atoms with Gasteiger partial charge in [0.1, 0.15) is 12.2 Å². The van der Waals surface area contributed by atoms with Gasteiger partial charge in [0.25, 0.3) is 0 Å². The van der Waals surface area contributed by atoms with Gasteiger partial charge in [0, 0.05) is 0 Å². The first-order valence-corrected chi connectivity index (χ1v) is 10.4. The van der Waals surface area contributed by atoms with Crippen molar-refractivity contribution in [3.05, 3.63) is 70.8 Å². The third-order valence-corrected chi connectivity index (χ3v) is 5.68. The van der Waals surface area contributed by atoms with E-state index < -0.39 is 36.4 Å². The maximum Gasteiger partial charge on any atom is 0.338 e. The van der Waals surface area contributed by atoms with Crippen LogP contribution < -0.4 is 0 Å². The second-order valence-electron chi connectivity index (χ2n) is 7.58. The van der Waals surface area contributed by atoms with E-state index in [1.807, 2.05) is 24.3 Å². The number of aryl methyl sites for hydroxylation is 2. The molecule has 30 heavy (non-hydrogen) atoms. The molecular weight excluding hydrogens is 384 g/mol. The number of hydrogen-bond acceptors (Lipinski definition) is 6. The second kappa shape index (κ2) is 8.98. The Kier molecular flexibility index (Phi) is 6.16. The van der Waals surface area contributed by atoms with E-state index in [9.17, 15) is 9.59 Å². The highest BCUT2D eigenvalue weighted by Crippen LogP contribution is 2.31. The summed E-state index contributed by atoms with van der Waals surface area (Å²) in [5.74, 6) is -0.820. The average Bonchev–Trinajstić information content (AvgIpc) is 3.37. The molecule has 2 fully saturated rings. The summed E-state index contributed by atoms with van der Waals surface area (Å²) in [4.78, 5) is 24.9. The van der Waals surface area contributed by atoms with Gasteiger partial charge in [-0.2, -0.15) is 0 Å². The van der Waals surface area contributed by atoms with Gasteiger partial charge in [-0.05, 0) is 48.2 Å². The summed E-state index contributed by atoms with van der Waals surface area (Å²) >= 11 is 0. The van der Waals surface area contributed by atoms with Gasteiger partial charge < -0.3 is 18.9 Å². The molecule has 4 atom stereocenters. The fourth-order valence-electron chi connectivity index (χ4n) is 3.80. The lowest BCUT2D eigenvalue weighted by atomic mass is 10.1. The Morgan fingerprint density at radius 3 is 1.43 bits per heavy atom. The fourth-order valence-corrected chi connectivity index (χ4v) is 3.80. The number of benzene rings is 2. The molecule has 2 aliphatic heterocycles. The molecule has 2 aromatic rings. The van der Waals surface area contributed by atoms with E-state index in [1.54, 1.807) is 24.3 Å². The predicted molar refractivity (Wildman–Crippen MR) is 110 cm³/mol. The van der Waals surface area contributed by atoms with E-state index in [0.717, 1.165) is 24.0 Å². The lowest BCUT2D eigenvalue weighted by Gasteiger charge is -2.17. The van der Waals surface area contributed by atoms with Gasteiger partial charge in [0.15, 0.2) is 12.2 Å². The molecule has 0 bridgehead atoms. The van der Waals surface area contributed by atoms with Crippen LogP contribution in [0.2, 0.25) is 0 Å². The van der Waals surface area contributed by atoms with Crippen LogP contribution in [0, 0.1) is 0 Å². The molecule has 158 valence electrons. The Hall–Kier alpha value is -2.70. The molecule has 0 amide bonds. The molecule has 6 heteroatoms. The Labute approximate surface area is 176 Å². The summed E-state index contributed by atoms with van der Waals surface area (Å²) in [6, 6.07) is 14.7.